The lowest BCUT2D eigenvalue weighted by atomic mass is 10.0. The number of carbonyl (C=O) groups excluding carboxylic acids is 3. The van der Waals surface area contributed by atoms with Gasteiger partial charge in [0.25, 0.3) is 5.91 Å². The van der Waals surface area contributed by atoms with Crippen LogP contribution in [-0.4, -0.2) is 53.3 Å². The van der Waals surface area contributed by atoms with Gasteiger partial charge in [0.1, 0.15) is 11.6 Å². The van der Waals surface area contributed by atoms with Gasteiger partial charge in [0.2, 0.25) is 11.8 Å². The highest BCUT2D eigenvalue weighted by Gasteiger charge is 2.58. The molecule has 32 heavy (non-hydrogen) atoms. The Hall–Kier alpha value is -2.58. The lowest BCUT2D eigenvalue weighted by Gasteiger charge is -2.27. The topological polar surface area (TPSA) is 90.5 Å². The summed E-state index contributed by atoms with van der Waals surface area (Å²) in [6.07, 6.45) is 0.713. The quantitative estimate of drug-likeness (QED) is 0.623. The molecule has 1 aliphatic carbocycles. The first-order valence-electron chi connectivity index (χ1n) is 10.7. The number of rotatable bonds is 5. The van der Waals surface area contributed by atoms with E-state index >= 15 is 0 Å². The Labute approximate surface area is 195 Å². The van der Waals surface area contributed by atoms with Crippen molar-refractivity contribution >= 4 is 46.3 Å². The summed E-state index contributed by atoms with van der Waals surface area (Å²) in [5.41, 5.74) is 1.16. The smallest absolute Gasteiger partial charge is 0.262 e. The van der Waals surface area contributed by atoms with Gasteiger partial charge in [-0.1, -0.05) is 29.8 Å². The van der Waals surface area contributed by atoms with Gasteiger partial charge >= 0.3 is 0 Å². The highest BCUT2D eigenvalue weighted by Crippen LogP contribution is 2.46. The zero-order valence-corrected chi connectivity index (χ0v) is 19.4. The molecule has 2 aromatic rings. The van der Waals surface area contributed by atoms with E-state index in [-0.39, 0.29) is 41.6 Å². The van der Waals surface area contributed by atoms with Gasteiger partial charge in [-0.05, 0) is 37.6 Å². The first kappa shape index (κ1) is 21.3. The van der Waals surface area contributed by atoms with Gasteiger partial charge in [-0.2, -0.15) is 0 Å². The van der Waals surface area contributed by atoms with E-state index in [1.54, 1.807) is 26.0 Å². The van der Waals surface area contributed by atoms with E-state index in [2.05, 4.69) is 22.0 Å². The Bertz CT molecular complexity index is 1060. The fourth-order valence-electron chi connectivity index (χ4n) is 4.76. The van der Waals surface area contributed by atoms with E-state index in [0.29, 0.717) is 28.7 Å². The number of nitrogens with one attached hydrogen (secondary N) is 3. The van der Waals surface area contributed by atoms with Crippen molar-refractivity contribution in [3.63, 3.8) is 0 Å². The third kappa shape index (κ3) is 3.86. The van der Waals surface area contributed by atoms with Gasteiger partial charge in [-0.25, -0.2) is 0 Å². The molecule has 0 spiro atoms. The third-order valence-corrected chi connectivity index (χ3v) is 7.89. The van der Waals surface area contributed by atoms with Crippen molar-refractivity contribution in [2.45, 2.75) is 37.9 Å². The molecular formula is C23H25ClN4O3S. The molecule has 0 bridgehead atoms. The first-order chi connectivity index (χ1) is 15.2. The van der Waals surface area contributed by atoms with E-state index < -0.39 is 5.54 Å². The largest absolute Gasteiger partial charge is 0.373 e. The van der Waals surface area contributed by atoms with Crippen LogP contribution in [0, 0.1) is 11.8 Å². The molecule has 168 valence electrons. The van der Waals surface area contributed by atoms with Crippen molar-refractivity contribution in [1.82, 2.24) is 15.5 Å². The fraction of sp³-hybridized carbons (Fsp3) is 0.435. The van der Waals surface area contributed by atoms with E-state index in [1.807, 2.05) is 23.1 Å². The molecule has 1 saturated heterocycles. The van der Waals surface area contributed by atoms with Crippen LogP contribution in [0.3, 0.4) is 0 Å². The van der Waals surface area contributed by atoms with Crippen LogP contribution >= 0.6 is 22.9 Å². The molecule has 3 N–H and O–H groups in total. The number of carbonyl (C=O) groups is 3. The highest BCUT2D eigenvalue weighted by atomic mass is 35.5. The Morgan fingerprint density at radius 3 is 2.50 bits per heavy atom. The number of likely N-dealkylation sites (tertiary alicyclic amines) is 1. The summed E-state index contributed by atoms with van der Waals surface area (Å²) in [6.45, 7) is 4.69. The van der Waals surface area contributed by atoms with Crippen LogP contribution in [0.5, 0.6) is 0 Å². The van der Waals surface area contributed by atoms with Crippen molar-refractivity contribution in [2.75, 3.05) is 18.4 Å². The summed E-state index contributed by atoms with van der Waals surface area (Å²) >= 11 is 7.07. The minimum Gasteiger partial charge on any atom is -0.373 e. The summed E-state index contributed by atoms with van der Waals surface area (Å²) < 4.78 is 0.527. The number of fused-ring (bicyclic) bond motifs is 2. The van der Waals surface area contributed by atoms with Crippen LogP contribution in [0.25, 0.3) is 0 Å². The molecule has 2 aliphatic heterocycles. The van der Waals surface area contributed by atoms with Crippen LogP contribution < -0.4 is 16.0 Å². The molecule has 0 radical (unpaired) electrons. The molecule has 3 aliphatic rings. The Kier molecular flexibility index (Phi) is 5.17. The second-order valence-electron chi connectivity index (χ2n) is 9.31. The molecule has 1 aromatic carbocycles. The molecule has 1 saturated carbocycles. The average molecular weight is 473 g/mol. The van der Waals surface area contributed by atoms with E-state index in [0.717, 1.165) is 5.69 Å². The molecule has 7 nitrogen and oxygen atoms in total. The van der Waals surface area contributed by atoms with Crippen molar-refractivity contribution < 1.29 is 14.4 Å². The predicted octanol–water partition coefficient (Wildman–Crippen LogP) is 2.52. The predicted molar refractivity (Wildman–Crippen MR) is 124 cm³/mol. The lowest BCUT2D eigenvalue weighted by molar-refractivity contribution is -0.131. The average Bonchev–Trinajstić information content (AvgIpc) is 3.22. The first-order valence-corrected chi connectivity index (χ1v) is 11.9. The lowest BCUT2D eigenvalue weighted by Crippen LogP contribution is -2.56. The summed E-state index contributed by atoms with van der Waals surface area (Å²) in [5.74, 6) is 0.128. The van der Waals surface area contributed by atoms with Crippen molar-refractivity contribution in [3.8, 4) is 0 Å². The molecule has 9 heteroatoms. The molecule has 1 aromatic heterocycles. The Morgan fingerprint density at radius 1 is 1.12 bits per heavy atom. The zero-order chi connectivity index (χ0) is 22.6. The van der Waals surface area contributed by atoms with E-state index in [4.69, 9.17) is 11.6 Å². The Morgan fingerprint density at radius 2 is 1.84 bits per heavy atom. The number of halogens is 1. The number of benzene rings is 1. The third-order valence-electron chi connectivity index (χ3n) is 6.66. The number of hydrogen-bond donors (Lipinski definition) is 3. The summed E-state index contributed by atoms with van der Waals surface area (Å²) in [4.78, 5) is 40.6. The summed E-state index contributed by atoms with van der Waals surface area (Å²) in [6, 6.07) is 11.2. The standard InChI is InChI=1S/C23H25ClN4O3S/c1-23(2,27-20(29)17-7-8-18(24)32-17)22(31)26-19-13-10-28(11-14(13)19)21(30)16-9-12-5-3-4-6-15(12)25-16/h3-8,13-14,16,19,25H,9-11H2,1-2H3,(H,26,31)(H,27,29)/t13-,14+,16-,19?/m1/s1. The fourth-order valence-corrected chi connectivity index (χ4v) is 5.70. The van der Waals surface area contributed by atoms with Gasteiger partial charge < -0.3 is 20.9 Å². The van der Waals surface area contributed by atoms with Gasteiger partial charge in [-0.15, -0.1) is 11.3 Å². The van der Waals surface area contributed by atoms with Gasteiger partial charge in [0.15, 0.2) is 0 Å². The number of nitrogens with zero attached hydrogens (tertiary/aromatic N) is 1. The molecule has 3 amide bonds. The van der Waals surface area contributed by atoms with Crippen molar-refractivity contribution in [1.29, 1.82) is 0 Å². The minimum atomic E-state index is -1.06. The SMILES string of the molecule is CC(C)(NC(=O)c1ccc(Cl)s1)C(=O)NC1[C@H]2CN(C(=O)[C@H]3Cc4ccccc4N3)C[C@@H]12. The summed E-state index contributed by atoms with van der Waals surface area (Å²) in [5, 5.41) is 9.19. The second-order valence-corrected chi connectivity index (χ2v) is 11.0. The maximum Gasteiger partial charge on any atom is 0.262 e. The summed E-state index contributed by atoms with van der Waals surface area (Å²) in [7, 11) is 0. The van der Waals surface area contributed by atoms with Crippen LogP contribution in [-0.2, 0) is 16.0 Å². The van der Waals surface area contributed by atoms with Crippen LogP contribution in [0.2, 0.25) is 4.34 Å². The number of thiophene rings is 1. The number of amides is 3. The van der Waals surface area contributed by atoms with Gasteiger partial charge in [0.05, 0.1) is 9.21 Å². The molecule has 5 rings (SSSR count). The van der Waals surface area contributed by atoms with E-state index in [1.165, 1.54) is 16.9 Å². The van der Waals surface area contributed by atoms with E-state index in [9.17, 15) is 14.4 Å². The number of hydrogen-bond acceptors (Lipinski definition) is 5. The molecule has 2 fully saturated rings. The molecular weight excluding hydrogens is 448 g/mol. The number of anilines is 1. The van der Waals surface area contributed by atoms with Crippen LogP contribution in [0.15, 0.2) is 36.4 Å². The number of para-hydroxylation sites is 1. The monoisotopic (exact) mass is 472 g/mol. The van der Waals surface area contributed by atoms with Crippen molar-refractivity contribution in [3.05, 3.63) is 51.2 Å². The zero-order valence-electron chi connectivity index (χ0n) is 17.9. The molecule has 3 heterocycles. The highest BCUT2D eigenvalue weighted by molar-refractivity contribution is 7.18. The normalized spacial score (nSPS) is 25.5. The molecule has 1 unspecified atom stereocenters. The maximum atomic E-state index is 12.9. The Balaban J connectivity index is 1.12. The molecule has 4 atom stereocenters. The van der Waals surface area contributed by atoms with Gasteiger partial charge in [-0.3, -0.25) is 14.4 Å². The second kappa shape index (κ2) is 7.78. The van der Waals surface area contributed by atoms with Crippen LogP contribution in [0.1, 0.15) is 29.1 Å². The van der Waals surface area contributed by atoms with Gasteiger partial charge in [0, 0.05) is 43.1 Å². The van der Waals surface area contributed by atoms with Crippen LogP contribution in [0.4, 0.5) is 5.69 Å². The maximum absolute atomic E-state index is 12.9. The van der Waals surface area contributed by atoms with Crippen molar-refractivity contribution in [2.24, 2.45) is 11.8 Å². The minimum absolute atomic E-state index is 0.0487. The number of piperidine rings is 1.